The molecule has 0 amide bonds. The summed E-state index contributed by atoms with van der Waals surface area (Å²) < 4.78 is 7.15. The molecule has 2 unspecified atom stereocenters. The van der Waals surface area contributed by atoms with Crippen LogP contribution in [0.2, 0.25) is 0 Å². The van der Waals surface area contributed by atoms with Crippen molar-refractivity contribution in [3.8, 4) is 0 Å². The highest BCUT2D eigenvalue weighted by Crippen LogP contribution is 2.08. The van der Waals surface area contributed by atoms with Gasteiger partial charge in [0.2, 0.25) is 0 Å². The maximum atomic E-state index is 5.31. The van der Waals surface area contributed by atoms with Gasteiger partial charge in [-0.05, 0) is 31.9 Å². The molecule has 0 aromatic carbocycles. The second-order valence-electron chi connectivity index (χ2n) is 4.26. The van der Waals surface area contributed by atoms with E-state index in [1.807, 2.05) is 17.9 Å². The van der Waals surface area contributed by atoms with Crippen molar-refractivity contribution in [3.63, 3.8) is 0 Å². The van der Waals surface area contributed by atoms with E-state index in [0.29, 0.717) is 12.1 Å². The van der Waals surface area contributed by atoms with Crippen LogP contribution in [-0.2, 0) is 18.2 Å². The molecule has 0 saturated carbocycles. The molecule has 16 heavy (non-hydrogen) atoms. The average Bonchev–Trinajstić information content (AvgIpc) is 2.64. The molecule has 0 aliphatic heterocycles. The lowest BCUT2D eigenvalue weighted by molar-refractivity contribution is 0.101. The molecule has 4 nitrogen and oxygen atoms in total. The monoisotopic (exact) mass is 225 g/mol. The van der Waals surface area contributed by atoms with Crippen molar-refractivity contribution in [2.75, 3.05) is 13.7 Å². The molecule has 0 aliphatic rings. The van der Waals surface area contributed by atoms with Crippen LogP contribution in [0.15, 0.2) is 12.4 Å². The van der Waals surface area contributed by atoms with E-state index in [1.54, 1.807) is 7.11 Å². The minimum atomic E-state index is 0.292. The fourth-order valence-corrected chi connectivity index (χ4v) is 1.89. The Hall–Kier alpha value is -0.870. The van der Waals surface area contributed by atoms with Crippen molar-refractivity contribution in [2.24, 2.45) is 7.05 Å². The van der Waals surface area contributed by atoms with Gasteiger partial charge in [0.1, 0.15) is 0 Å². The minimum Gasteiger partial charge on any atom is -0.382 e. The summed E-state index contributed by atoms with van der Waals surface area (Å²) in [5.74, 6) is 0. The van der Waals surface area contributed by atoms with E-state index in [0.717, 1.165) is 19.4 Å². The lowest BCUT2D eigenvalue weighted by atomic mass is 10.0. The first kappa shape index (κ1) is 13.2. The number of aryl methyl sites for hydroxylation is 1. The Morgan fingerprint density at radius 3 is 2.81 bits per heavy atom. The van der Waals surface area contributed by atoms with Crippen LogP contribution in [0.25, 0.3) is 0 Å². The van der Waals surface area contributed by atoms with E-state index in [9.17, 15) is 0 Å². The minimum absolute atomic E-state index is 0.292. The molecule has 0 radical (unpaired) electrons. The lowest BCUT2D eigenvalue weighted by Gasteiger charge is -2.20. The molecule has 0 aliphatic carbocycles. The van der Waals surface area contributed by atoms with Gasteiger partial charge in [-0.15, -0.1) is 0 Å². The number of likely N-dealkylation sites (N-methyl/N-ethyl adjacent to an activating group) is 1. The zero-order chi connectivity index (χ0) is 12.0. The maximum Gasteiger partial charge on any atom is 0.0558 e. The van der Waals surface area contributed by atoms with Crippen LogP contribution < -0.4 is 5.32 Å². The Morgan fingerprint density at radius 1 is 1.56 bits per heavy atom. The molecule has 0 bridgehead atoms. The number of nitrogens with one attached hydrogen (secondary N) is 1. The average molecular weight is 225 g/mol. The molecule has 4 heteroatoms. The summed E-state index contributed by atoms with van der Waals surface area (Å²) in [7, 11) is 3.71. The van der Waals surface area contributed by atoms with Crippen LogP contribution >= 0.6 is 0 Å². The Kier molecular flexibility index (Phi) is 5.49. The number of rotatable bonds is 7. The van der Waals surface area contributed by atoms with Gasteiger partial charge in [0.15, 0.2) is 0 Å². The third-order valence-corrected chi connectivity index (χ3v) is 2.75. The third-order valence-electron chi connectivity index (χ3n) is 2.75. The second-order valence-corrected chi connectivity index (χ2v) is 4.26. The predicted molar refractivity (Wildman–Crippen MR) is 65.5 cm³/mol. The first-order valence-corrected chi connectivity index (χ1v) is 5.89. The van der Waals surface area contributed by atoms with Gasteiger partial charge in [-0.2, -0.15) is 5.10 Å². The summed E-state index contributed by atoms with van der Waals surface area (Å²) in [6.07, 6.45) is 6.33. The molecular weight excluding hydrogens is 202 g/mol. The van der Waals surface area contributed by atoms with Gasteiger partial charge in [0, 0.05) is 26.4 Å². The zero-order valence-electron chi connectivity index (χ0n) is 10.7. The first-order valence-electron chi connectivity index (χ1n) is 5.89. The fourth-order valence-electron chi connectivity index (χ4n) is 1.89. The summed E-state index contributed by atoms with van der Waals surface area (Å²) in [6.45, 7) is 5.22. The Morgan fingerprint density at radius 2 is 2.31 bits per heavy atom. The Balaban J connectivity index is 2.50. The molecule has 2 atom stereocenters. The summed E-state index contributed by atoms with van der Waals surface area (Å²) in [4.78, 5) is 0. The normalized spacial score (nSPS) is 15.0. The summed E-state index contributed by atoms with van der Waals surface area (Å²) in [5, 5.41) is 7.68. The standard InChI is InChI=1S/C12H23N3O/c1-5-13-12(6-10(2)16-4)7-11-8-14-15(3)9-11/h8-10,12-13H,5-7H2,1-4H3. The largest absolute Gasteiger partial charge is 0.382 e. The van der Waals surface area contributed by atoms with E-state index < -0.39 is 0 Å². The number of nitrogens with zero attached hydrogens (tertiary/aromatic N) is 2. The topological polar surface area (TPSA) is 39.1 Å². The molecule has 0 spiro atoms. The van der Waals surface area contributed by atoms with Crippen molar-refractivity contribution in [1.82, 2.24) is 15.1 Å². The number of aromatic nitrogens is 2. The van der Waals surface area contributed by atoms with Crippen molar-refractivity contribution >= 4 is 0 Å². The first-order chi connectivity index (χ1) is 7.65. The summed E-state index contributed by atoms with van der Waals surface area (Å²) in [5.41, 5.74) is 1.27. The smallest absolute Gasteiger partial charge is 0.0558 e. The SMILES string of the molecule is CCNC(Cc1cnn(C)c1)CC(C)OC. The van der Waals surface area contributed by atoms with Gasteiger partial charge in [-0.25, -0.2) is 0 Å². The molecular formula is C12H23N3O. The molecule has 92 valence electrons. The van der Waals surface area contributed by atoms with Gasteiger partial charge in [0.25, 0.3) is 0 Å². The van der Waals surface area contributed by atoms with Gasteiger partial charge in [0.05, 0.1) is 12.3 Å². The van der Waals surface area contributed by atoms with Gasteiger partial charge < -0.3 is 10.1 Å². The third kappa shape index (κ3) is 4.33. The van der Waals surface area contributed by atoms with E-state index in [-0.39, 0.29) is 0 Å². The van der Waals surface area contributed by atoms with E-state index >= 15 is 0 Å². The van der Waals surface area contributed by atoms with Crippen LogP contribution in [0.1, 0.15) is 25.8 Å². The molecule has 1 rings (SSSR count). The summed E-state index contributed by atoms with van der Waals surface area (Å²) >= 11 is 0. The zero-order valence-corrected chi connectivity index (χ0v) is 10.7. The van der Waals surface area contributed by atoms with Crippen molar-refractivity contribution in [2.45, 2.75) is 38.8 Å². The number of methoxy groups -OCH3 is 1. The lowest BCUT2D eigenvalue weighted by Crippen LogP contribution is -2.34. The number of hydrogen-bond acceptors (Lipinski definition) is 3. The van der Waals surface area contributed by atoms with Crippen LogP contribution in [0.5, 0.6) is 0 Å². The molecule has 0 fully saturated rings. The van der Waals surface area contributed by atoms with Gasteiger partial charge >= 0.3 is 0 Å². The highest BCUT2D eigenvalue weighted by atomic mass is 16.5. The highest BCUT2D eigenvalue weighted by Gasteiger charge is 2.13. The van der Waals surface area contributed by atoms with Gasteiger partial charge in [-0.3, -0.25) is 4.68 Å². The van der Waals surface area contributed by atoms with E-state index in [4.69, 9.17) is 4.74 Å². The van der Waals surface area contributed by atoms with Crippen molar-refractivity contribution < 1.29 is 4.74 Å². The quantitative estimate of drug-likeness (QED) is 0.761. The molecule has 1 aromatic heterocycles. The van der Waals surface area contributed by atoms with Crippen molar-refractivity contribution in [1.29, 1.82) is 0 Å². The Bertz CT molecular complexity index is 298. The van der Waals surface area contributed by atoms with Gasteiger partial charge in [-0.1, -0.05) is 6.92 Å². The molecule has 1 aromatic rings. The number of hydrogen-bond donors (Lipinski definition) is 1. The van der Waals surface area contributed by atoms with E-state index in [1.165, 1.54) is 5.56 Å². The molecule has 0 saturated heterocycles. The Labute approximate surface area is 98.0 Å². The summed E-state index contributed by atoms with van der Waals surface area (Å²) in [6, 6.07) is 0.462. The van der Waals surface area contributed by atoms with E-state index in [2.05, 4.69) is 30.5 Å². The van der Waals surface area contributed by atoms with Crippen LogP contribution in [-0.4, -0.2) is 35.6 Å². The number of ether oxygens (including phenoxy) is 1. The fraction of sp³-hybridized carbons (Fsp3) is 0.750. The predicted octanol–water partition coefficient (Wildman–Crippen LogP) is 1.37. The highest BCUT2D eigenvalue weighted by molar-refractivity contribution is 5.06. The van der Waals surface area contributed by atoms with Crippen LogP contribution in [0.3, 0.4) is 0 Å². The van der Waals surface area contributed by atoms with Crippen LogP contribution in [0.4, 0.5) is 0 Å². The second kappa shape index (κ2) is 6.66. The maximum absolute atomic E-state index is 5.31. The molecule has 1 heterocycles. The molecule has 1 N–H and O–H groups in total. The van der Waals surface area contributed by atoms with Crippen LogP contribution in [0, 0.1) is 0 Å². The van der Waals surface area contributed by atoms with Crippen molar-refractivity contribution in [3.05, 3.63) is 18.0 Å².